The Morgan fingerprint density at radius 1 is 1.27 bits per heavy atom. The Morgan fingerprint density at radius 2 is 1.82 bits per heavy atom. The van der Waals surface area contributed by atoms with Crippen LogP contribution in [0.25, 0.3) is 0 Å². The van der Waals surface area contributed by atoms with Crippen LogP contribution in [-0.4, -0.2) is 10.2 Å². The maximum atomic E-state index is 4.99. The molecule has 0 atom stereocenters. The van der Waals surface area contributed by atoms with E-state index in [1.807, 2.05) is 24.3 Å². The standard InChI is InChI=1S/C8H5BrS2/c9-7-3-1-6(2-4-7)8(11)5-10/h1-5H. The van der Waals surface area contributed by atoms with Crippen LogP contribution in [0.15, 0.2) is 28.7 Å². The fourth-order valence-corrected chi connectivity index (χ4v) is 1.22. The van der Waals surface area contributed by atoms with Gasteiger partial charge in [0.25, 0.3) is 0 Å². The Balaban J connectivity index is 2.98. The van der Waals surface area contributed by atoms with Gasteiger partial charge in [0.15, 0.2) is 0 Å². The highest BCUT2D eigenvalue weighted by Crippen LogP contribution is 2.10. The second-order valence-electron chi connectivity index (χ2n) is 1.99. The fraction of sp³-hybridized carbons (Fsp3) is 0. The average Bonchev–Trinajstić information content (AvgIpc) is 2.05. The number of rotatable bonds is 2. The van der Waals surface area contributed by atoms with Gasteiger partial charge in [-0.15, -0.1) is 0 Å². The molecule has 0 amide bonds. The molecule has 1 aromatic carbocycles. The van der Waals surface area contributed by atoms with E-state index in [2.05, 4.69) is 15.9 Å². The van der Waals surface area contributed by atoms with Gasteiger partial charge in [-0.2, -0.15) is 0 Å². The molecule has 1 rings (SSSR count). The van der Waals surface area contributed by atoms with E-state index in [1.54, 1.807) is 0 Å². The van der Waals surface area contributed by atoms with Crippen LogP contribution in [0.1, 0.15) is 5.56 Å². The van der Waals surface area contributed by atoms with Gasteiger partial charge in [0.05, 0.1) is 4.86 Å². The van der Waals surface area contributed by atoms with Crippen LogP contribution in [0, 0.1) is 0 Å². The van der Waals surface area contributed by atoms with E-state index in [0.717, 1.165) is 10.0 Å². The molecular formula is C8H5BrS2. The molecule has 0 aliphatic heterocycles. The van der Waals surface area contributed by atoms with Crippen molar-refractivity contribution in [2.45, 2.75) is 0 Å². The lowest BCUT2D eigenvalue weighted by Gasteiger charge is -1.95. The van der Waals surface area contributed by atoms with Crippen molar-refractivity contribution in [3.05, 3.63) is 34.3 Å². The zero-order valence-corrected chi connectivity index (χ0v) is 8.80. The quantitative estimate of drug-likeness (QED) is 0.579. The summed E-state index contributed by atoms with van der Waals surface area (Å²) >= 11 is 13.0. The third-order valence-electron chi connectivity index (χ3n) is 1.24. The van der Waals surface area contributed by atoms with Gasteiger partial charge >= 0.3 is 0 Å². The third kappa shape index (κ3) is 2.43. The van der Waals surface area contributed by atoms with Gasteiger partial charge in [-0.25, -0.2) is 0 Å². The van der Waals surface area contributed by atoms with E-state index in [1.165, 1.54) is 5.37 Å². The van der Waals surface area contributed by atoms with Gasteiger partial charge in [0.2, 0.25) is 0 Å². The zero-order valence-electron chi connectivity index (χ0n) is 5.58. The Morgan fingerprint density at radius 3 is 2.27 bits per heavy atom. The molecule has 0 aliphatic rings. The lowest BCUT2D eigenvalue weighted by Crippen LogP contribution is -1.94. The second kappa shape index (κ2) is 4.04. The van der Waals surface area contributed by atoms with E-state index in [9.17, 15) is 0 Å². The van der Waals surface area contributed by atoms with Crippen LogP contribution < -0.4 is 0 Å². The average molecular weight is 245 g/mol. The van der Waals surface area contributed by atoms with E-state index in [-0.39, 0.29) is 0 Å². The fourth-order valence-electron chi connectivity index (χ4n) is 0.682. The molecule has 0 saturated carbocycles. The summed E-state index contributed by atoms with van der Waals surface area (Å²) in [4.78, 5) is 0.715. The summed E-state index contributed by atoms with van der Waals surface area (Å²) < 4.78 is 1.05. The number of thiocarbonyl (C=S) groups is 2. The second-order valence-corrected chi connectivity index (χ2v) is 3.58. The van der Waals surface area contributed by atoms with E-state index >= 15 is 0 Å². The molecule has 0 heterocycles. The minimum atomic E-state index is 0.715. The summed E-state index contributed by atoms with van der Waals surface area (Å²) in [7, 11) is 0. The molecule has 0 aliphatic carbocycles. The molecule has 0 bridgehead atoms. The molecule has 3 heteroatoms. The summed E-state index contributed by atoms with van der Waals surface area (Å²) in [5.41, 5.74) is 0.998. The summed E-state index contributed by atoms with van der Waals surface area (Å²) in [5, 5.41) is 1.51. The number of halogens is 1. The summed E-state index contributed by atoms with van der Waals surface area (Å²) in [6, 6.07) is 7.77. The summed E-state index contributed by atoms with van der Waals surface area (Å²) in [5.74, 6) is 0. The molecule has 0 radical (unpaired) electrons. The van der Waals surface area contributed by atoms with Crippen LogP contribution in [0.4, 0.5) is 0 Å². The van der Waals surface area contributed by atoms with Crippen LogP contribution in [0.2, 0.25) is 0 Å². The minimum Gasteiger partial charge on any atom is -0.0871 e. The van der Waals surface area contributed by atoms with Crippen molar-refractivity contribution in [2.24, 2.45) is 0 Å². The normalized spacial score (nSPS) is 9.18. The smallest absolute Gasteiger partial charge is 0.0556 e. The van der Waals surface area contributed by atoms with Crippen molar-refractivity contribution in [2.75, 3.05) is 0 Å². The van der Waals surface area contributed by atoms with Gasteiger partial charge in [-0.3, -0.25) is 0 Å². The molecule has 56 valence electrons. The highest BCUT2D eigenvalue weighted by Gasteiger charge is 1.95. The number of benzene rings is 1. The first kappa shape index (κ1) is 8.97. The lowest BCUT2D eigenvalue weighted by atomic mass is 10.2. The SMILES string of the molecule is S=CC(=S)c1ccc(Br)cc1. The zero-order chi connectivity index (χ0) is 8.27. The highest BCUT2D eigenvalue weighted by molar-refractivity contribution is 9.10. The van der Waals surface area contributed by atoms with E-state index in [0.29, 0.717) is 4.86 Å². The molecule has 0 nitrogen and oxygen atoms in total. The Labute approximate surface area is 84.7 Å². The van der Waals surface area contributed by atoms with Crippen LogP contribution in [0.5, 0.6) is 0 Å². The molecule has 0 fully saturated rings. The van der Waals surface area contributed by atoms with Gasteiger partial charge in [0, 0.05) is 9.84 Å². The monoisotopic (exact) mass is 244 g/mol. The van der Waals surface area contributed by atoms with Crippen molar-refractivity contribution in [3.8, 4) is 0 Å². The van der Waals surface area contributed by atoms with Gasteiger partial charge in [0.1, 0.15) is 0 Å². The lowest BCUT2D eigenvalue weighted by molar-refractivity contribution is 1.63. The molecular weight excluding hydrogens is 240 g/mol. The summed E-state index contributed by atoms with van der Waals surface area (Å²) in [6.45, 7) is 0. The highest BCUT2D eigenvalue weighted by atomic mass is 79.9. The van der Waals surface area contributed by atoms with Crippen molar-refractivity contribution < 1.29 is 0 Å². The van der Waals surface area contributed by atoms with Gasteiger partial charge < -0.3 is 0 Å². The van der Waals surface area contributed by atoms with Gasteiger partial charge in [-0.05, 0) is 17.7 Å². The first-order chi connectivity index (χ1) is 5.24. The van der Waals surface area contributed by atoms with Crippen molar-refractivity contribution in [1.82, 2.24) is 0 Å². The van der Waals surface area contributed by atoms with Crippen LogP contribution >= 0.6 is 40.4 Å². The van der Waals surface area contributed by atoms with Crippen LogP contribution in [-0.2, 0) is 0 Å². The predicted molar refractivity (Wildman–Crippen MR) is 59.5 cm³/mol. The van der Waals surface area contributed by atoms with Crippen molar-refractivity contribution >= 4 is 50.6 Å². The molecule has 0 N–H and O–H groups in total. The molecule has 11 heavy (non-hydrogen) atoms. The van der Waals surface area contributed by atoms with Gasteiger partial charge in [-0.1, -0.05) is 52.5 Å². The first-order valence-electron chi connectivity index (χ1n) is 2.99. The first-order valence-corrected chi connectivity index (χ1v) is 4.66. The number of hydrogen-bond donors (Lipinski definition) is 0. The predicted octanol–water partition coefficient (Wildman–Crippen LogP) is 3.17. The maximum absolute atomic E-state index is 4.99. The number of hydrogen-bond acceptors (Lipinski definition) is 2. The minimum absolute atomic E-state index is 0.715. The van der Waals surface area contributed by atoms with Crippen LogP contribution in [0.3, 0.4) is 0 Å². The largest absolute Gasteiger partial charge is 0.0871 e. The molecule has 0 aromatic heterocycles. The molecule has 0 unspecified atom stereocenters. The van der Waals surface area contributed by atoms with E-state index < -0.39 is 0 Å². The molecule has 1 aromatic rings. The Hall–Kier alpha value is -0.120. The van der Waals surface area contributed by atoms with Crippen molar-refractivity contribution in [1.29, 1.82) is 0 Å². The topological polar surface area (TPSA) is 0 Å². The third-order valence-corrected chi connectivity index (χ3v) is 2.50. The molecule has 0 spiro atoms. The van der Waals surface area contributed by atoms with E-state index in [4.69, 9.17) is 24.4 Å². The van der Waals surface area contributed by atoms with Crippen molar-refractivity contribution in [3.63, 3.8) is 0 Å². The molecule has 0 saturated heterocycles. The maximum Gasteiger partial charge on any atom is 0.0556 e. The Kier molecular flexibility index (Phi) is 3.30. The summed E-state index contributed by atoms with van der Waals surface area (Å²) in [6.07, 6.45) is 0. The Bertz CT molecular complexity index is 277.